The molecule has 0 unspecified atom stereocenters. The van der Waals surface area contributed by atoms with Crippen molar-refractivity contribution in [2.24, 2.45) is 0 Å². The molecule has 3 nitrogen and oxygen atoms in total. The summed E-state index contributed by atoms with van der Waals surface area (Å²) in [4.78, 5) is 4.17. The van der Waals surface area contributed by atoms with E-state index in [0.29, 0.717) is 6.61 Å². The van der Waals surface area contributed by atoms with Crippen molar-refractivity contribution in [3.05, 3.63) is 23.9 Å². The Balaban J connectivity index is 2.66. The third kappa shape index (κ3) is 3.03. The van der Waals surface area contributed by atoms with Crippen molar-refractivity contribution in [2.45, 2.75) is 20.5 Å². The largest absolute Gasteiger partial charge is 0.377 e. The molecule has 1 rings (SSSR count). The Morgan fingerprint density at radius 2 is 2.38 bits per heavy atom. The van der Waals surface area contributed by atoms with Crippen LogP contribution in [-0.4, -0.2) is 18.1 Å². The maximum Gasteiger partial charge on any atom is 0.131 e. The quantitative estimate of drug-likeness (QED) is 0.749. The molecule has 0 aliphatic carbocycles. The Bertz CT molecular complexity index is 250. The topological polar surface area (TPSA) is 34.2 Å². The summed E-state index contributed by atoms with van der Waals surface area (Å²) in [5.74, 6) is 0.898. The molecule has 1 heterocycles. The lowest BCUT2D eigenvalue weighted by molar-refractivity contribution is 0.134. The van der Waals surface area contributed by atoms with Crippen LogP contribution in [0.4, 0.5) is 5.82 Å². The number of ether oxygens (including phenoxy) is 1. The second-order valence-electron chi connectivity index (χ2n) is 2.61. The molecular formula is C10H15N2O. The number of aromatic nitrogens is 1. The number of nitrogens with one attached hydrogen (secondary N) is 1. The minimum absolute atomic E-state index is 0.600. The predicted octanol–water partition coefficient (Wildman–Crippen LogP) is 1.85. The van der Waals surface area contributed by atoms with Crippen LogP contribution in [0.5, 0.6) is 0 Å². The fraction of sp³-hybridized carbons (Fsp3) is 0.500. The van der Waals surface area contributed by atoms with E-state index in [1.54, 1.807) is 6.20 Å². The van der Waals surface area contributed by atoms with E-state index in [4.69, 9.17) is 4.74 Å². The molecule has 0 fully saturated rings. The van der Waals surface area contributed by atoms with Crippen LogP contribution in [0.25, 0.3) is 0 Å². The first-order valence-corrected chi connectivity index (χ1v) is 4.55. The SMILES string of the molecule is CCNc1nc[c]cc1COCC. The van der Waals surface area contributed by atoms with Crippen LogP contribution >= 0.6 is 0 Å². The number of hydrogen-bond donors (Lipinski definition) is 1. The molecule has 0 spiro atoms. The average molecular weight is 179 g/mol. The van der Waals surface area contributed by atoms with Crippen LogP contribution in [-0.2, 0) is 11.3 Å². The molecular weight excluding hydrogens is 164 g/mol. The molecule has 0 saturated heterocycles. The highest BCUT2D eigenvalue weighted by atomic mass is 16.5. The van der Waals surface area contributed by atoms with Crippen molar-refractivity contribution >= 4 is 5.82 Å². The first-order chi connectivity index (χ1) is 6.38. The Morgan fingerprint density at radius 3 is 3.08 bits per heavy atom. The molecule has 71 valence electrons. The zero-order valence-electron chi connectivity index (χ0n) is 8.13. The summed E-state index contributed by atoms with van der Waals surface area (Å²) >= 11 is 0. The van der Waals surface area contributed by atoms with E-state index in [2.05, 4.69) is 16.4 Å². The van der Waals surface area contributed by atoms with Gasteiger partial charge in [0.1, 0.15) is 5.82 Å². The monoisotopic (exact) mass is 179 g/mol. The number of nitrogens with zero attached hydrogens (tertiary/aromatic N) is 1. The Morgan fingerprint density at radius 1 is 1.54 bits per heavy atom. The molecule has 0 bridgehead atoms. The third-order valence-corrected chi connectivity index (χ3v) is 1.64. The molecule has 1 N–H and O–H groups in total. The van der Waals surface area contributed by atoms with Gasteiger partial charge in [0.15, 0.2) is 0 Å². The molecule has 0 aliphatic rings. The van der Waals surface area contributed by atoms with Crippen molar-refractivity contribution in [3.63, 3.8) is 0 Å². The normalized spacial score (nSPS) is 10.0. The van der Waals surface area contributed by atoms with Gasteiger partial charge in [0.05, 0.1) is 6.61 Å². The van der Waals surface area contributed by atoms with Gasteiger partial charge >= 0.3 is 0 Å². The number of rotatable bonds is 5. The number of hydrogen-bond acceptors (Lipinski definition) is 3. The molecule has 0 atom stereocenters. The Labute approximate surface area is 79.1 Å². The highest BCUT2D eigenvalue weighted by Crippen LogP contribution is 2.11. The smallest absolute Gasteiger partial charge is 0.131 e. The van der Waals surface area contributed by atoms with E-state index >= 15 is 0 Å². The Kier molecular flexibility index (Phi) is 4.26. The average Bonchev–Trinajstić information content (AvgIpc) is 2.17. The zero-order chi connectivity index (χ0) is 9.52. The first-order valence-electron chi connectivity index (χ1n) is 4.55. The van der Waals surface area contributed by atoms with Gasteiger partial charge in [-0.3, -0.25) is 0 Å². The minimum atomic E-state index is 0.600. The van der Waals surface area contributed by atoms with Gasteiger partial charge in [-0.15, -0.1) is 0 Å². The molecule has 0 aliphatic heterocycles. The maximum atomic E-state index is 5.31. The highest BCUT2D eigenvalue weighted by Gasteiger charge is 2.00. The van der Waals surface area contributed by atoms with E-state index in [1.165, 1.54) is 0 Å². The van der Waals surface area contributed by atoms with Gasteiger partial charge in [0, 0.05) is 31.0 Å². The van der Waals surface area contributed by atoms with E-state index in [0.717, 1.165) is 24.5 Å². The number of pyridine rings is 1. The van der Waals surface area contributed by atoms with Crippen LogP contribution in [0.1, 0.15) is 19.4 Å². The zero-order valence-corrected chi connectivity index (χ0v) is 8.13. The number of anilines is 1. The molecule has 1 aromatic heterocycles. The van der Waals surface area contributed by atoms with Gasteiger partial charge in [-0.25, -0.2) is 4.98 Å². The molecule has 13 heavy (non-hydrogen) atoms. The van der Waals surface area contributed by atoms with Gasteiger partial charge in [-0.05, 0) is 19.9 Å². The summed E-state index contributed by atoms with van der Waals surface area (Å²) in [6.07, 6.45) is 1.66. The lowest BCUT2D eigenvalue weighted by Crippen LogP contribution is -2.04. The summed E-state index contributed by atoms with van der Waals surface area (Å²) in [6, 6.07) is 4.84. The van der Waals surface area contributed by atoms with Crippen LogP contribution in [0.2, 0.25) is 0 Å². The van der Waals surface area contributed by atoms with Crippen molar-refractivity contribution < 1.29 is 4.74 Å². The van der Waals surface area contributed by atoms with Gasteiger partial charge in [0.25, 0.3) is 0 Å². The van der Waals surface area contributed by atoms with Crippen molar-refractivity contribution in [1.29, 1.82) is 0 Å². The second-order valence-corrected chi connectivity index (χ2v) is 2.61. The second kappa shape index (κ2) is 5.54. The lowest BCUT2D eigenvalue weighted by Gasteiger charge is -2.08. The van der Waals surface area contributed by atoms with Crippen LogP contribution in [0, 0.1) is 6.07 Å². The van der Waals surface area contributed by atoms with Gasteiger partial charge in [-0.2, -0.15) is 0 Å². The summed E-state index contributed by atoms with van der Waals surface area (Å²) in [7, 11) is 0. The van der Waals surface area contributed by atoms with Gasteiger partial charge in [-0.1, -0.05) is 0 Å². The van der Waals surface area contributed by atoms with Gasteiger partial charge in [0.2, 0.25) is 0 Å². The van der Waals surface area contributed by atoms with Crippen LogP contribution in [0.15, 0.2) is 12.3 Å². The van der Waals surface area contributed by atoms with E-state index in [1.807, 2.05) is 19.9 Å². The van der Waals surface area contributed by atoms with E-state index in [-0.39, 0.29) is 0 Å². The van der Waals surface area contributed by atoms with E-state index in [9.17, 15) is 0 Å². The molecule has 1 aromatic rings. The molecule has 3 heteroatoms. The summed E-state index contributed by atoms with van der Waals surface area (Å²) in [5, 5.41) is 3.17. The van der Waals surface area contributed by atoms with Crippen LogP contribution < -0.4 is 5.32 Å². The highest BCUT2D eigenvalue weighted by molar-refractivity contribution is 5.42. The molecule has 0 saturated carbocycles. The first kappa shape index (κ1) is 9.99. The summed E-state index contributed by atoms with van der Waals surface area (Å²) < 4.78 is 5.31. The van der Waals surface area contributed by atoms with E-state index < -0.39 is 0 Å². The van der Waals surface area contributed by atoms with Crippen molar-refractivity contribution in [2.75, 3.05) is 18.5 Å². The maximum absolute atomic E-state index is 5.31. The van der Waals surface area contributed by atoms with Crippen molar-refractivity contribution in [1.82, 2.24) is 4.98 Å². The summed E-state index contributed by atoms with van der Waals surface area (Å²) in [5.41, 5.74) is 1.06. The molecule has 0 aromatic carbocycles. The van der Waals surface area contributed by atoms with Crippen LogP contribution in [0.3, 0.4) is 0 Å². The predicted molar refractivity (Wildman–Crippen MR) is 52.6 cm³/mol. The lowest BCUT2D eigenvalue weighted by atomic mass is 10.2. The molecule has 1 radical (unpaired) electrons. The Hall–Kier alpha value is -1.09. The summed E-state index contributed by atoms with van der Waals surface area (Å²) in [6.45, 7) is 6.22. The molecule has 0 amide bonds. The minimum Gasteiger partial charge on any atom is -0.377 e. The standard InChI is InChI=1S/C10H15N2O/c1-3-11-10-9(8-13-4-2)6-5-7-12-10/h6-7H,3-4,8H2,1-2H3,(H,11,12). The van der Waals surface area contributed by atoms with Gasteiger partial charge < -0.3 is 10.1 Å². The third-order valence-electron chi connectivity index (χ3n) is 1.64. The fourth-order valence-electron chi connectivity index (χ4n) is 1.04. The van der Waals surface area contributed by atoms with Crippen molar-refractivity contribution in [3.8, 4) is 0 Å². The fourth-order valence-corrected chi connectivity index (χ4v) is 1.04.